The summed E-state index contributed by atoms with van der Waals surface area (Å²) in [6.45, 7) is 2.89. The number of imidazole rings is 1. The fraction of sp³-hybridized carbons (Fsp3) is 0.368. The van der Waals surface area contributed by atoms with Gasteiger partial charge in [-0.3, -0.25) is 9.36 Å². The Balaban J connectivity index is 1.83. The van der Waals surface area contributed by atoms with Crippen molar-refractivity contribution >= 4 is 32.9 Å². The molecule has 0 unspecified atom stereocenters. The monoisotopic (exact) mass is 444 g/mol. The van der Waals surface area contributed by atoms with Crippen molar-refractivity contribution in [1.29, 1.82) is 0 Å². The Labute approximate surface area is 169 Å². The minimum Gasteiger partial charge on any atom is -0.497 e. The number of aryl methyl sites for hydroxylation is 1. The molecule has 146 valence electrons. The van der Waals surface area contributed by atoms with Crippen LogP contribution in [0.2, 0.25) is 0 Å². The van der Waals surface area contributed by atoms with Crippen LogP contribution < -0.4 is 10.3 Å². The second-order valence-corrected chi connectivity index (χ2v) is 7.42. The second kappa shape index (κ2) is 7.75. The number of benzene rings is 1. The Hall–Kier alpha value is -2.68. The molecule has 0 spiro atoms. The topological polar surface area (TPSA) is 90.1 Å². The summed E-state index contributed by atoms with van der Waals surface area (Å²) in [7, 11) is 1.63. The molecule has 1 N–H and O–H groups in total. The van der Waals surface area contributed by atoms with Crippen molar-refractivity contribution in [2.45, 2.75) is 39.2 Å². The van der Waals surface area contributed by atoms with E-state index in [9.17, 15) is 4.79 Å². The maximum atomic E-state index is 13.1. The number of unbranched alkanes of at least 4 members (excludes halogenated alkanes) is 2. The molecule has 9 heteroatoms. The predicted octanol–water partition coefficient (Wildman–Crippen LogP) is 3.32. The van der Waals surface area contributed by atoms with Crippen molar-refractivity contribution in [3.8, 4) is 5.75 Å². The highest BCUT2D eigenvalue weighted by Crippen LogP contribution is 2.18. The van der Waals surface area contributed by atoms with Gasteiger partial charge in [0, 0.05) is 13.0 Å². The third kappa shape index (κ3) is 3.30. The fourth-order valence-corrected chi connectivity index (χ4v) is 3.71. The molecule has 0 aliphatic carbocycles. The molecule has 3 heterocycles. The van der Waals surface area contributed by atoms with E-state index in [1.807, 2.05) is 28.8 Å². The highest BCUT2D eigenvalue weighted by molar-refractivity contribution is 9.10. The van der Waals surface area contributed by atoms with Crippen LogP contribution in [0.3, 0.4) is 0 Å². The van der Waals surface area contributed by atoms with Crippen LogP contribution in [-0.2, 0) is 13.0 Å². The van der Waals surface area contributed by atoms with Crippen molar-refractivity contribution in [2.24, 2.45) is 0 Å². The quantitative estimate of drug-likeness (QED) is 0.348. The molecule has 0 fully saturated rings. The van der Waals surface area contributed by atoms with Gasteiger partial charge in [-0.05, 0) is 40.0 Å². The summed E-state index contributed by atoms with van der Waals surface area (Å²) in [6, 6.07) is 7.72. The van der Waals surface area contributed by atoms with E-state index in [0.29, 0.717) is 33.9 Å². The fourth-order valence-electron chi connectivity index (χ4n) is 3.34. The number of hydrogen-bond acceptors (Lipinski definition) is 5. The van der Waals surface area contributed by atoms with E-state index < -0.39 is 0 Å². The van der Waals surface area contributed by atoms with E-state index in [2.05, 4.69) is 43.0 Å². The van der Waals surface area contributed by atoms with Gasteiger partial charge >= 0.3 is 0 Å². The van der Waals surface area contributed by atoms with Crippen molar-refractivity contribution in [1.82, 2.24) is 29.1 Å². The second-order valence-electron chi connectivity index (χ2n) is 6.67. The first kappa shape index (κ1) is 18.7. The van der Waals surface area contributed by atoms with E-state index in [1.165, 1.54) is 0 Å². The van der Waals surface area contributed by atoms with Gasteiger partial charge in [-0.2, -0.15) is 0 Å². The first-order chi connectivity index (χ1) is 13.6. The molecule has 4 aromatic rings. The van der Waals surface area contributed by atoms with Gasteiger partial charge < -0.3 is 9.72 Å². The lowest BCUT2D eigenvalue weighted by molar-refractivity contribution is 0.414. The lowest BCUT2D eigenvalue weighted by Gasteiger charge is -2.09. The zero-order valence-electron chi connectivity index (χ0n) is 15.8. The molecular formula is C19H21BrN6O2. The normalized spacial score (nSPS) is 11.5. The van der Waals surface area contributed by atoms with Crippen LogP contribution in [0.25, 0.3) is 16.9 Å². The summed E-state index contributed by atoms with van der Waals surface area (Å²) in [6.07, 6.45) is 3.68. The van der Waals surface area contributed by atoms with Crippen LogP contribution in [0.15, 0.2) is 33.8 Å². The SMILES string of the molecule is CCCCCn1c2nc(Br)[nH]c2c(=O)n2c(Cc3ccc(OC)cc3)nnc12. The number of rotatable bonds is 7. The highest BCUT2D eigenvalue weighted by Gasteiger charge is 2.19. The molecule has 0 amide bonds. The number of aromatic amines is 1. The van der Waals surface area contributed by atoms with Gasteiger partial charge in [0.05, 0.1) is 7.11 Å². The van der Waals surface area contributed by atoms with E-state index in [4.69, 9.17) is 4.74 Å². The van der Waals surface area contributed by atoms with E-state index >= 15 is 0 Å². The lowest BCUT2D eigenvalue weighted by atomic mass is 10.1. The zero-order valence-corrected chi connectivity index (χ0v) is 17.4. The van der Waals surface area contributed by atoms with Crippen LogP contribution in [0.4, 0.5) is 0 Å². The van der Waals surface area contributed by atoms with Crippen molar-refractivity contribution < 1.29 is 4.74 Å². The molecule has 0 saturated heterocycles. The van der Waals surface area contributed by atoms with Gasteiger partial charge in [0.1, 0.15) is 11.6 Å². The minimum atomic E-state index is -0.191. The van der Waals surface area contributed by atoms with Gasteiger partial charge in [-0.15, -0.1) is 10.2 Å². The van der Waals surface area contributed by atoms with Gasteiger partial charge in [-0.25, -0.2) is 9.38 Å². The summed E-state index contributed by atoms with van der Waals surface area (Å²) >= 11 is 3.35. The Kier molecular flexibility index (Phi) is 5.17. The smallest absolute Gasteiger partial charge is 0.286 e. The Bertz CT molecular complexity index is 1180. The molecule has 0 aliphatic rings. The summed E-state index contributed by atoms with van der Waals surface area (Å²) in [5.41, 5.74) is 1.89. The summed E-state index contributed by atoms with van der Waals surface area (Å²) < 4.78 is 9.29. The van der Waals surface area contributed by atoms with Crippen LogP contribution in [0.1, 0.15) is 37.6 Å². The van der Waals surface area contributed by atoms with E-state index in [0.717, 1.165) is 37.1 Å². The third-order valence-corrected chi connectivity index (χ3v) is 5.16. The molecular weight excluding hydrogens is 424 g/mol. The van der Waals surface area contributed by atoms with Gasteiger partial charge in [0.2, 0.25) is 5.78 Å². The number of fused-ring (bicyclic) bond motifs is 2. The molecule has 0 atom stereocenters. The standard InChI is InChI=1S/C19H21BrN6O2/c1-3-4-5-10-25-16-15(21-18(20)22-16)17(27)26-14(23-24-19(25)26)11-12-6-8-13(28-2)9-7-12/h6-9H,3-5,10-11H2,1-2H3,(H,21,22). The molecule has 8 nitrogen and oxygen atoms in total. The largest absolute Gasteiger partial charge is 0.497 e. The van der Waals surface area contributed by atoms with Crippen LogP contribution >= 0.6 is 15.9 Å². The number of nitrogens with zero attached hydrogens (tertiary/aromatic N) is 5. The molecule has 0 saturated carbocycles. The van der Waals surface area contributed by atoms with Crippen LogP contribution in [0, 0.1) is 0 Å². The van der Waals surface area contributed by atoms with Crippen molar-refractivity contribution in [3.63, 3.8) is 0 Å². The third-order valence-electron chi connectivity index (χ3n) is 4.79. The number of methoxy groups -OCH3 is 1. The number of hydrogen-bond donors (Lipinski definition) is 1. The van der Waals surface area contributed by atoms with E-state index in [1.54, 1.807) is 11.5 Å². The first-order valence-electron chi connectivity index (χ1n) is 9.27. The number of H-pyrrole nitrogens is 1. The average molecular weight is 445 g/mol. The Morgan fingerprint density at radius 2 is 1.96 bits per heavy atom. The number of ether oxygens (including phenoxy) is 1. The number of aromatic nitrogens is 6. The summed E-state index contributed by atoms with van der Waals surface area (Å²) in [5.74, 6) is 1.91. The zero-order chi connectivity index (χ0) is 19.7. The molecule has 1 aromatic carbocycles. The minimum absolute atomic E-state index is 0.191. The number of nitrogens with one attached hydrogen (secondary N) is 1. The Morgan fingerprint density at radius 1 is 1.18 bits per heavy atom. The average Bonchev–Trinajstić information content (AvgIpc) is 3.29. The predicted molar refractivity (Wildman–Crippen MR) is 110 cm³/mol. The van der Waals surface area contributed by atoms with Crippen LogP contribution in [-0.4, -0.2) is 36.2 Å². The molecule has 0 aliphatic heterocycles. The maximum absolute atomic E-state index is 13.1. The molecule has 3 aromatic heterocycles. The first-order valence-corrected chi connectivity index (χ1v) is 10.1. The van der Waals surface area contributed by atoms with Crippen LogP contribution in [0.5, 0.6) is 5.75 Å². The summed E-state index contributed by atoms with van der Waals surface area (Å²) in [5, 5.41) is 8.64. The Morgan fingerprint density at radius 3 is 2.68 bits per heavy atom. The van der Waals surface area contributed by atoms with Crippen molar-refractivity contribution in [3.05, 3.63) is 50.7 Å². The van der Waals surface area contributed by atoms with E-state index in [-0.39, 0.29) is 5.56 Å². The summed E-state index contributed by atoms with van der Waals surface area (Å²) in [4.78, 5) is 20.6. The highest BCUT2D eigenvalue weighted by atomic mass is 79.9. The lowest BCUT2D eigenvalue weighted by Crippen LogP contribution is -2.21. The molecule has 0 radical (unpaired) electrons. The molecule has 0 bridgehead atoms. The molecule has 28 heavy (non-hydrogen) atoms. The van der Waals surface area contributed by atoms with Gasteiger partial charge in [0.25, 0.3) is 5.56 Å². The van der Waals surface area contributed by atoms with Gasteiger partial charge in [-0.1, -0.05) is 31.9 Å². The van der Waals surface area contributed by atoms with Gasteiger partial charge in [0.15, 0.2) is 15.9 Å². The number of halogens is 1. The van der Waals surface area contributed by atoms with Crippen molar-refractivity contribution in [2.75, 3.05) is 7.11 Å². The maximum Gasteiger partial charge on any atom is 0.286 e. The molecule has 4 rings (SSSR count).